The van der Waals surface area contributed by atoms with Crippen molar-refractivity contribution in [2.24, 2.45) is 0 Å². The Bertz CT molecular complexity index is 657. The number of aromatic hydroxyl groups is 1. The molecule has 1 N–H and O–H groups in total. The SMILES string of the molecule is Oc1ccc(-c2ccccc2)c2ccccc12. The fourth-order valence-electron chi connectivity index (χ4n) is 2.15. The number of benzene rings is 3. The predicted molar refractivity (Wildman–Crippen MR) is 71.0 cm³/mol. The zero-order valence-electron chi connectivity index (χ0n) is 9.30. The molecule has 1 heteroatoms. The Kier molecular flexibility index (Phi) is 2.30. The molecule has 0 bridgehead atoms. The fourth-order valence-corrected chi connectivity index (χ4v) is 2.15. The molecule has 0 atom stereocenters. The Labute approximate surface area is 100.0 Å². The summed E-state index contributed by atoms with van der Waals surface area (Å²) < 4.78 is 0. The van der Waals surface area contributed by atoms with E-state index in [2.05, 4.69) is 12.1 Å². The van der Waals surface area contributed by atoms with Crippen molar-refractivity contribution in [2.45, 2.75) is 0 Å². The molecular formula is C16H12O. The van der Waals surface area contributed by atoms with Crippen molar-refractivity contribution in [3.63, 3.8) is 0 Å². The second-order valence-corrected chi connectivity index (χ2v) is 4.04. The van der Waals surface area contributed by atoms with Gasteiger partial charge in [0.05, 0.1) is 0 Å². The molecule has 0 aliphatic heterocycles. The molecule has 0 aliphatic carbocycles. The first kappa shape index (κ1) is 9.91. The Morgan fingerprint density at radius 1 is 0.588 bits per heavy atom. The van der Waals surface area contributed by atoms with Gasteiger partial charge >= 0.3 is 0 Å². The van der Waals surface area contributed by atoms with Gasteiger partial charge in [-0.3, -0.25) is 0 Å². The third-order valence-electron chi connectivity index (χ3n) is 2.99. The van der Waals surface area contributed by atoms with E-state index in [-0.39, 0.29) is 0 Å². The molecule has 0 amide bonds. The molecule has 0 heterocycles. The van der Waals surface area contributed by atoms with Crippen LogP contribution in [-0.2, 0) is 0 Å². The highest BCUT2D eigenvalue weighted by Crippen LogP contribution is 2.33. The molecule has 0 saturated carbocycles. The lowest BCUT2D eigenvalue weighted by molar-refractivity contribution is 0.481. The van der Waals surface area contributed by atoms with Crippen molar-refractivity contribution in [2.75, 3.05) is 0 Å². The summed E-state index contributed by atoms with van der Waals surface area (Å²) >= 11 is 0. The first-order chi connectivity index (χ1) is 8.36. The molecule has 0 aliphatic rings. The lowest BCUT2D eigenvalue weighted by Gasteiger charge is -2.08. The van der Waals surface area contributed by atoms with Crippen molar-refractivity contribution < 1.29 is 5.11 Å². The molecule has 0 aromatic heterocycles. The van der Waals surface area contributed by atoms with Crippen molar-refractivity contribution >= 4 is 10.8 Å². The molecule has 82 valence electrons. The van der Waals surface area contributed by atoms with Gasteiger partial charge in [-0.1, -0.05) is 60.7 Å². The van der Waals surface area contributed by atoms with Gasteiger partial charge in [-0.05, 0) is 22.6 Å². The Balaban J connectivity index is 2.35. The van der Waals surface area contributed by atoms with Crippen LogP contribution in [0.4, 0.5) is 0 Å². The monoisotopic (exact) mass is 220 g/mol. The van der Waals surface area contributed by atoms with Crippen LogP contribution in [0.15, 0.2) is 66.7 Å². The van der Waals surface area contributed by atoms with Gasteiger partial charge in [0.15, 0.2) is 0 Å². The van der Waals surface area contributed by atoms with E-state index in [1.54, 1.807) is 6.07 Å². The second kappa shape index (κ2) is 3.95. The van der Waals surface area contributed by atoms with Crippen LogP contribution in [0, 0.1) is 0 Å². The van der Waals surface area contributed by atoms with E-state index in [4.69, 9.17) is 0 Å². The maximum absolute atomic E-state index is 9.84. The lowest BCUT2D eigenvalue weighted by atomic mass is 9.98. The minimum absolute atomic E-state index is 0.334. The Morgan fingerprint density at radius 2 is 1.24 bits per heavy atom. The molecule has 0 fully saturated rings. The standard InChI is InChI=1S/C16H12O/c17-16-11-10-13(12-6-2-1-3-7-12)14-8-4-5-9-15(14)16/h1-11,17H. The van der Waals surface area contributed by atoms with Gasteiger partial charge in [0.1, 0.15) is 5.75 Å². The zero-order valence-corrected chi connectivity index (χ0v) is 9.30. The van der Waals surface area contributed by atoms with Crippen molar-refractivity contribution in [3.05, 3.63) is 66.7 Å². The topological polar surface area (TPSA) is 20.2 Å². The van der Waals surface area contributed by atoms with Gasteiger partial charge in [0.25, 0.3) is 0 Å². The van der Waals surface area contributed by atoms with Gasteiger partial charge in [0, 0.05) is 5.39 Å². The first-order valence-corrected chi connectivity index (χ1v) is 5.62. The van der Waals surface area contributed by atoms with Crippen LogP contribution >= 0.6 is 0 Å². The van der Waals surface area contributed by atoms with Gasteiger partial charge in [-0.25, -0.2) is 0 Å². The molecule has 3 aromatic carbocycles. The van der Waals surface area contributed by atoms with Crippen LogP contribution in [0.2, 0.25) is 0 Å². The average Bonchev–Trinajstić information content (AvgIpc) is 2.41. The highest BCUT2D eigenvalue weighted by molar-refractivity contribution is 5.99. The molecule has 0 radical (unpaired) electrons. The van der Waals surface area contributed by atoms with Crippen LogP contribution < -0.4 is 0 Å². The maximum atomic E-state index is 9.84. The van der Waals surface area contributed by atoms with Crippen LogP contribution in [0.25, 0.3) is 21.9 Å². The number of phenols is 1. The molecule has 0 unspecified atom stereocenters. The number of phenolic OH excluding ortho intramolecular Hbond substituents is 1. The number of hydrogen-bond donors (Lipinski definition) is 1. The van der Waals surface area contributed by atoms with E-state index in [0.29, 0.717) is 5.75 Å². The number of hydrogen-bond acceptors (Lipinski definition) is 1. The molecule has 3 rings (SSSR count). The van der Waals surface area contributed by atoms with Gasteiger partial charge in [0.2, 0.25) is 0 Å². The highest BCUT2D eigenvalue weighted by atomic mass is 16.3. The summed E-state index contributed by atoms with van der Waals surface area (Å²) in [5.41, 5.74) is 2.32. The Hall–Kier alpha value is -2.28. The van der Waals surface area contributed by atoms with Gasteiger partial charge in [-0.15, -0.1) is 0 Å². The van der Waals surface area contributed by atoms with Crippen molar-refractivity contribution in [1.29, 1.82) is 0 Å². The van der Waals surface area contributed by atoms with E-state index in [9.17, 15) is 5.11 Å². The molecule has 3 aromatic rings. The van der Waals surface area contributed by atoms with Crippen molar-refractivity contribution in [3.8, 4) is 16.9 Å². The van der Waals surface area contributed by atoms with Gasteiger partial charge in [-0.2, -0.15) is 0 Å². The van der Waals surface area contributed by atoms with Gasteiger partial charge < -0.3 is 5.11 Å². The quantitative estimate of drug-likeness (QED) is 0.651. The number of fused-ring (bicyclic) bond motifs is 1. The van der Waals surface area contributed by atoms with Crippen molar-refractivity contribution in [1.82, 2.24) is 0 Å². The molecular weight excluding hydrogens is 208 g/mol. The fraction of sp³-hybridized carbons (Fsp3) is 0. The third kappa shape index (κ3) is 1.66. The molecule has 0 saturated heterocycles. The lowest BCUT2D eigenvalue weighted by Crippen LogP contribution is -1.81. The molecule has 1 nitrogen and oxygen atoms in total. The van der Waals surface area contributed by atoms with E-state index in [1.165, 1.54) is 5.56 Å². The number of rotatable bonds is 1. The summed E-state index contributed by atoms with van der Waals surface area (Å²) in [6.45, 7) is 0. The third-order valence-corrected chi connectivity index (χ3v) is 2.99. The molecule has 17 heavy (non-hydrogen) atoms. The average molecular weight is 220 g/mol. The van der Waals surface area contributed by atoms with Crippen LogP contribution in [0.3, 0.4) is 0 Å². The molecule has 0 spiro atoms. The predicted octanol–water partition coefficient (Wildman–Crippen LogP) is 4.21. The minimum atomic E-state index is 0.334. The maximum Gasteiger partial charge on any atom is 0.123 e. The smallest absolute Gasteiger partial charge is 0.123 e. The van der Waals surface area contributed by atoms with E-state index >= 15 is 0 Å². The van der Waals surface area contributed by atoms with Crippen LogP contribution in [-0.4, -0.2) is 5.11 Å². The summed E-state index contributed by atoms with van der Waals surface area (Å²) in [5, 5.41) is 11.8. The summed E-state index contributed by atoms with van der Waals surface area (Å²) in [6, 6.07) is 21.9. The van der Waals surface area contributed by atoms with E-state index in [0.717, 1.165) is 16.3 Å². The van der Waals surface area contributed by atoms with Crippen LogP contribution in [0.1, 0.15) is 0 Å². The summed E-state index contributed by atoms with van der Waals surface area (Å²) in [6.07, 6.45) is 0. The minimum Gasteiger partial charge on any atom is -0.507 e. The summed E-state index contributed by atoms with van der Waals surface area (Å²) in [7, 11) is 0. The largest absolute Gasteiger partial charge is 0.507 e. The van der Waals surface area contributed by atoms with Crippen LogP contribution in [0.5, 0.6) is 5.75 Å². The summed E-state index contributed by atoms with van der Waals surface area (Å²) in [5.74, 6) is 0.334. The second-order valence-electron chi connectivity index (χ2n) is 4.04. The van der Waals surface area contributed by atoms with E-state index in [1.807, 2.05) is 48.5 Å². The highest BCUT2D eigenvalue weighted by Gasteiger charge is 2.05. The normalized spacial score (nSPS) is 10.6. The first-order valence-electron chi connectivity index (χ1n) is 5.62. The van der Waals surface area contributed by atoms with E-state index < -0.39 is 0 Å². The zero-order chi connectivity index (χ0) is 11.7. The Morgan fingerprint density at radius 3 is 2.00 bits per heavy atom. The summed E-state index contributed by atoms with van der Waals surface area (Å²) in [4.78, 5) is 0.